The molecule has 0 unspecified atom stereocenters. The molecule has 0 aromatic heterocycles. The smallest absolute Gasteiger partial charge is 0.399 e. The van der Waals surface area contributed by atoms with Gasteiger partial charge < -0.3 is 14.2 Å². The number of alkyl halides is 2. The van der Waals surface area contributed by atoms with Gasteiger partial charge >= 0.3 is 7.12 Å². The van der Waals surface area contributed by atoms with Crippen molar-refractivity contribution in [2.75, 3.05) is 28.6 Å². The first-order chi connectivity index (χ1) is 10.3. The highest BCUT2D eigenvalue weighted by atomic mass is 79.9. The summed E-state index contributed by atoms with van der Waals surface area (Å²) in [6.45, 7) is 10.3. The zero-order chi connectivity index (χ0) is 16.4. The average molecular weight is 433 g/mol. The summed E-state index contributed by atoms with van der Waals surface area (Å²) in [4.78, 5) is 2.34. The molecule has 0 N–H and O–H groups in total. The molecule has 0 aliphatic carbocycles. The van der Waals surface area contributed by atoms with E-state index in [4.69, 9.17) is 9.31 Å². The number of nitrogens with zero attached hydrogens (tertiary/aromatic N) is 1. The normalized spacial score (nSPS) is 19.5. The molecule has 1 heterocycles. The molecule has 0 bridgehead atoms. The molecule has 3 nitrogen and oxygen atoms in total. The third-order valence-corrected chi connectivity index (χ3v) is 5.20. The van der Waals surface area contributed by atoms with Crippen molar-refractivity contribution < 1.29 is 9.31 Å². The molecule has 22 heavy (non-hydrogen) atoms. The molecule has 2 rings (SSSR count). The average Bonchev–Trinajstić information content (AvgIpc) is 2.67. The second-order valence-electron chi connectivity index (χ2n) is 6.54. The fraction of sp³-hybridized carbons (Fsp3) is 0.625. The molecule has 6 heteroatoms. The van der Waals surface area contributed by atoms with Crippen LogP contribution in [0.1, 0.15) is 27.7 Å². The van der Waals surface area contributed by atoms with Crippen LogP contribution >= 0.6 is 31.9 Å². The summed E-state index contributed by atoms with van der Waals surface area (Å²) < 4.78 is 12.2. The summed E-state index contributed by atoms with van der Waals surface area (Å²) in [6.07, 6.45) is 0. The Kier molecular flexibility index (Phi) is 6.03. The van der Waals surface area contributed by atoms with Gasteiger partial charge in [-0.2, -0.15) is 0 Å². The van der Waals surface area contributed by atoms with E-state index in [0.29, 0.717) is 0 Å². The Bertz CT molecular complexity index is 471. The Morgan fingerprint density at radius 1 is 0.909 bits per heavy atom. The monoisotopic (exact) mass is 431 g/mol. The van der Waals surface area contributed by atoms with E-state index in [1.807, 2.05) is 0 Å². The number of anilines is 1. The summed E-state index contributed by atoms with van der Waals surface area (Å²) >= 11 is 7.03. The second-order valence-corrected chi connectivity index (χ2v) is 8.13. The molecule has 1 aromatic carbocycles. The Hall–Kier alpha value is -0.0351. The van der Waals surface area contributed by atoms with Gasteiger partial charge in [-0.15, -0.1) is 0 Å². The molecule has 0 spiro atoms. The fourth-order valence-corrected chi connectivity index (χ4v) is 3.25. The van der Waals surface area contributed by atoms with Crippen molar-refractivity contribution >= 4 is 50.1 Å². The van der Waals surface area contributed by atoms with Gasteiger partial charge in [-0.3, -0.25) is 0 Å². The third kappa shape index (κ3) is 3.89. The lowest BCUT2D eigenvalue weighted by atomic mass is 9.79. The van der Waals surface area contributed by atoms with Crippen LogP contribution in [-0.2, 0) is 9.31 Å². The van der Waals surface area contributed by atoms with E-state index in [9.17, 15) is 0 Å². The maximum Gasteiger partial charge on any atom is 0.494 e. The van der Waals surface area contributed by atoms with Crippen LogP contribution in [0.5, 0.6) is 0 Å². The Labute approximate surface area is 151 Å². The SMILES string of the molecule is CC1(C)OB(c2ccc(N(CCBr)CCBr)cc2)OC1(C)C. The zero-order valence-corrected chi connectivity index (χ0v) is 16.9. The number of hydrogen-bond donors (Lipinski definition) is 0. The van der Waals surface area contributed by atoms with Gasteiger partial charge in [0.1, 0.15) is 0 Å². The van der Waals surface area contributed by atoms with Gasteiger partial charge in [-0.05, 0) is 45.3 Å². The molecule has 0 amide bonds. The standard InChI is InChI=1S/C16H24BBr2NO2/c1-15(2)16(3,4)22-17(21-15)13-5-7-14(8-6-13)20(11-9-18)12-10-19/h5-8H,9-12H2,1-4H3. The predicted molar refractivity (Wildman–Crippen MR) is 102 cm³/mol. The second kappa shape index (κ2) is 7.24. The first-order valence-corrected chi connectivity index (χ1v) is 9.87. The van der Waals surface area contributed by atoms with Gasteiger partial charge in [0.05, 0.1) is 11.2 Å². The van der Waals surface area contributed by atoms with Crippen LogP contribution < -0.4 is 10.4 Å². The summed E-state index contributed by atoms with van der Waals surface area (Å²) in [5, 5.41) is 1.91. The van der Waals surface area contributed by atoms with Gasteiger partial charge in [0.15, 0.2) is 0 Å². The Morgan fingerprint density at radius 2 is 1.36 bits per heavy atom. The molecule has 0 saturated carbocycles. The lowest BCUT2D eigenvalue weighted by Gasteiger charge is -2.32. The minimum atomic E-state index is -0.297. The van der Waals surface area contributed by atoms with Crippen LogP contribution in [0, 0.1) is 0 Å². The van der Waals surface area contributed by atoms with Crippen molar-refractivity contribution in [1.82, 2.24) is 0 Å². The van der Waals surface area contributed by atoms with E-state index < -0.39 is 0 Å². The van der Waals surface area contributed by atoms with E-state index >= 15 is 0 Å². The summed E-state index contributed by atoms with van der Waals surface area (Å²) in [5.74, 6) is 0. The summed E-state index contributed by atoms with van der Waals surface area (Å²) in [6, 6.07) is 8.50. The molecule has 1 aromatic rings. The summed E-state index contributed by atoms with van der Waals surface area (Å²) in [5.41, 5.74) is 1.70. The third-order valence-electron chi connectivity index (χ3n) is 4.49. The molecule has 122 valence electrons. The number of rotatable bonds is 6. The topological polar surface area (TPSA) is 21.7 Å². The van der Waals surface area contributed by atoms with Crippen LogP contribution in [0.15, 0.2) is 24.3 Å². The van der Waals surface area contributed by atoms with Crippen LogP contribution in [0.25, 0.3) is 0 Å². The molecule has 1 saturated heterocycles. The first kappa shape index (κ1) is 18.3. The highest BCUT2D eigenvalue weighted by molar-refractivity contribution is 9.09. The van der Waals surface area contributed by atoms with E-state index in [1.165, 1.54) is 5.69 Å². The maximum atomic E-state index is 6.09. The van der Waals surface area contributed by atoms with Crippen molar-refractivity contribution in [2.45, 2.75) is 38.9 Å². The lowest BCUT2D eigenvalue weighted by molar-refractivity contribution is 0.00578. The van der Waals surface area contributed by atoms with Crippen molar-refractivity contribution in [3.8, 4) is 0 Å². The van der Waals surface area contributed by atoms with Gasteiger partial charge in [0.25, 0.3) is 0 Å². The van der Waals surface area contributed by atoms with Gasteiger partial charge in [-0.25, -0.2) is 0 Å². The number of benzene rings is 1. The van der Waals surface area contributed by atoms with Crippen LogP contribution in [-0.4, -0.2) is 42.1 Å². The van der Waals surface area contributed by atoms with Crippen molar-refractivity contribution in [3.05, 3.63) is 24.3 Å². The highest BCUT2D eigenvalue weighted by Crippen LogP contribution is 2.36. The Morgan fingerprint density at radius 3 is 1.77 bits per heavy atom. The number of hydrogen-bond acceptors (Lipinski definition) is 3. The van der Waals surface area contributed by atoms with Gasteiger partial charge in [0, 0.05) is 29.4 Å². The zero-order valence-electron chi connectivity index (χ0n) is 13.7. The lowest BCUT2D eigenvalue weighted by Crippen LogP contribution is -2.41. The van der Waals surface area contributed by atoms with E-state index in [-0.39, 0.29) is 18.3 Å². The molecule has 1 aliphatic rings. The van der Waals surface area contributed by atoms with Crippen molar-refractivity contribution in [1.29, 1.82) is 0 Å². The van der Waals surface area contributed by atoms with Crippen LogP contribution in [0.2, 0.25) is 0 Å². The maximum absolute atomic E-state index is 6.09. The minimum absolute atomic E-state index is 0.292. The molecule has 0 atom stereocenters. The fourth-order valence-electron chi connectivity index (χ4n) is 2.40. The highest BCUT2D eigenvalue weighted by Gasteiger charge is 2.51. The quantitative estimate of drug-likeness (QED) is 0.506. The number of halogens is 2. The van der Waals surface area contributed by atoms with Gasteiger partial charge in [-0.1, -0.05) is 44.0 Å². The summed E-state index contributed by atoms with van der Waals surface area (Å²) in [7, 11) is -0.292. The van der Waals surface area contributed by atoms with E-state index in [0.717, 1.165) is 29.2 Å². The van der Waals surface area contributed by atoms with Gasteiger partial charge in [0.2, 0.25) is 0 Å². The van der Waals surface area contributed by atoms with E-state index in [2.05, 4.69) is 88.7 Å². The van der Waals surface area contributed by atoms with Crippen molar-refractivity contribution in [2.24, 2.45) is 0 Å². The largest absolute Gasteiger partial charge is 0.494 e. The van der Waals surface area contributed by atoms with Crippen molar-refractivity contribution in [3.63, 3.8) is 0 Å². The molecular formula is C16H24BBr2NO2. The van der Waals surface area contributed by atoms with Crippen LogP contribution in [0.3, 0.4) is 0 Å². The molecule has 1 fully saturated rings. The first-order valence-electron chi connectivity index (χ1n) is 7.63. The predicted octanol–water partition coefficient (Wildman–Crippen LogP) is 3.58. The molecular weight excluding hydrogens is 409 g/mol. The van der Waals surface area contributed by atoms with E-state index in [1.54, 1.807) is 0 Å². The Balaban J connectivity index is 2.12. The molecule has 1 aliphatic heterocycles. The minimum Gasteiger partial charge on any atom is -0.399 e. The molecule has 0 radical (unpaired) electrons. The van der Waals surface area contributed by atoms with Crippen LogP contribution in [0.4, 0.5) is 5.69 Å².